The molecule has 1 atom stereocenters. The van der Waals surface area contributed by atoms with E-state index < -0.39 is 0 Å². The molecule has 35 heavy (non-hydrogen) atoms. The molecule has 4 heterocycles. The number of benzene rings is 1. The van der Waals surface area contributed by atoms with Gasteiger partial charge in [0.25, 0.3) is 0 Å². The van der Waals surface area contributed by atoms with E-state index >= 15 is 0 Å². The van der Waals surface area contributed by atoms with Gasteiger partial charge in [-0.25, -0.2) is 0 Å². The monoisotopic (exact) mass is 495 g/mol. The molecule has 3 fully saturated rings. The molecule has 0 aliphatic carbocycles. The van der Waals surface area contributed by atoms with Gasteiger partial charge in [-0.1, -0.05) is 12.1 Å². The van der Waals surface area contributed by atoms with E-state index in [1.807, 2.05) is 0 Å². The second-order valence-electron chi connectivity index (χ2n) is 9.71. The number of morpholine rings is 1. The Morgan fingerprint density at radius 2 is 1.66 bits per heavy atom. The van der Waals surface area contributed by atoms with Crippen LogP contribution < -0.4 is 25.3 Å². The fourth-order valence-electron chi connectivity index (χ4n) is 5.15. The standard InChI is InChI=1S/C26H37N7OS/c1-20-6-2-3-13-33(20)24-18-23(32-14-16-34-17-15-32)28-25(29-24)30-26(35)27-19-21-7-9-22(10-8-21)31-11-4-5-12-31/h7-10,18,20H,2-6,11-17,19H2,1H3,(H2,27,28,29,30,35)/t20-/m1/s1. The van der Waals surface area contributed by atoms with Crippen LogP contribution in [0.1, 0.15) is 44.6 Å². The van der Waals surface area contributed by atoms with Crippen LogP contribution in [0.4, 0.5) is 23.3 Å². The lowest BCUT2D eigenvalue weighted by Gasteiger charge is -2.35. The minimum atomic E-state index is 0.470. The molecule has 2 N–H and O–H groups in total. The zero-order valence-electron chi connectivity index (χ0n) is 20.7. The van der Waals surface area contributed by atoms with Crippen LogP contribution in [0.5, 0.6) is 0 Å². The number of hydrogen-bond donors (Lipinski definition) is 2. The van der Waals surface area contributed by atoms with E-state index in [0.717, 1.165) is 57.6 Å². The smallest absolute Gasteiger partial charge is 0.232 e. The number of anilines is 4. The number of nitrogens with one attached hydrogen (secondary N) is 2. The highest BCUT2D eigenvalue weighted by Gasteiger charge is 2.23. The number of aromatic nitrogens is 2. The van der Waals surface area contributed by atoms with Crippen molar-refractivity contribution in [2.24, 2.45) is 0 Å². The number of thiocarbonyl (C=S) groups is 1. The summed E-state index contributed by atoms with van der Waals surface area (Å²) in [4.78, 5) is 16.8. The first kappa shape index (κ1) is 24.1. The van der Waals surface area contributed by atoms with E-state index in [4.69, 9.17) is 26.9 Å². The number of piperidine rings is 1. The Labute approximate surface area is 214 Å². The van der Waals surface area contributed by atoms with Crippen LogP contribution in [0, 0.1) is 0 Å². The molecule has 3 aliphatic rings. The average molecular weight is 496 g/mol. The van der Waals surface area contributed by atoms with Crippen molar-refractivity contribution >= 4 is 40.6 Å². The van der Waals surface area contributed by atoms with Gasteiger partial charge in [0, 0.05) is 57.1 Å². The van der Waals surface area contributed by atoms with Crippen molar-refractivity contribution in [3.63, 3.8) is 0 Å². The zero-order chi connectivity index (χ0) is 24.0. The molecule has 2 aromatic rings. The molecule has 0 radical (unpaired) electrons. The topological polar surface area (TPSA) is 68.8 Å². The molecular formula is C26H37N7OS. The lowest BCUT2D eigenvalue weighted by molar-refractivity contribution is 0.122. The molecule has 0 unspecified atom stereocenters. The molecule has 0 spiro atoms. The quantitative estimate of drug-likeness (QED) is 0.583. The third-order valence-electron chi connectivity index (χ3n) is 7.22. The average Bonchev–Trinajstić information content (AvgIpc) is 3.44. The van der Waals surface area contributed by atoms with Crippen molar-refractivity contribution in [2.75, 3.05) is 66.0 Å². The Kier molecular flexibility index (Phi) is 7.83. The maximum absolute atomic E-state index is 5.61. The summed E-state index contributed by atoms with van der Waals surface area (Å²) in [6.45, 7) is 9.40. The summed E-state index contributed by atoms with van der Waals surface area (Å²) in [5, 5.41) is 7.10. The maximum atomic E-state index is 5.61. The molecule has 1 aromatic heterocycles. The largest absolute Gasteiger partial charge is 0.378 e. The molecule has 5 rings (SSSR count). The van der Waals surface area contributed by atoms with Gasteiger partial charge in [-0.15, -0.1) is 0 Å². The van der Waals surface area contributed by atoms with Gasteiger partial charge in [0.05, 0.1) is 13.2 Å². The third-order valence-corrected chi connectivity index (χ3v) is 7.46. The van der Waals surface area contributed by atoms with Crippen molar-refractivity contribution < 1.29 is 4.74 Å². The lowest BCUT2D eigenvalue weighted by atomic mass is 10.0. The van der Waals surface area contributed by atoms with Gasteiger partial charge in [-0.2, -0.15) is 9.97 Å². The van der Waals surface area contributed by atoms with Crippen molar-refractivity contribution in [1.29, 1.82) is 0 Å². The second kappa shape index (κ2) is 11.4. The first-order chi connectivity index (χ1) is 17.2. The number of hydrogen-bond acceptors (Lipinski definition) is 7. The zero-order valence-corrected chi connectivity index (χ0v) is 21.5. The predicted molar refractivity (Wildman–Crippen MR) is 147 cm³/mol. The molecule has 3 saturated heterocycles. The summed E-state index contributed by atoms with van der Waals surface area (Å²) in [5.41, 5.74) is 2.50. The van der Waals surface area contributed by atoms with E-state index in [-0.39, 0.29) is 0 Å². The fourth-order valence-corrected chi connectivity index (χ4v) is 5.31. The highest BCUT2D eigenvalue weighted by molar-refractivity contribution is 7.80. The molecule has 3 aliphatic heterocycles. The van der Waals surface area contributed by atoms with Gasteiger partial charge in [-0.05, 0) is 68.9 Å². The first-order valence-electron chi connectivity index (χ1n) is 13.0. The number of nitrogens with zero attached hydrogens (tertiary/aromatic N) is 5. The summed E-state index contributed by atoms with van der Waals surface area (Å²) in [7, 11) is 0. The van der Waals surface area contributed by atoms with E-state index in [0.29, 0.717) is 23.6 Å². The van der Waals surface area contributed by atoms with Crippen molar-refractivity contribution in [1.82, 2.24) is 15.3 Å². The normalized spacial score (nSPS) is 20.7. The van der Waals surface area contributed by atoms with Gasteiger partial charge < -0.3 is 30.1 Å². The van der Waals surface area contributed by atoms with Gasteiger partial charge in [-0.3, -0.25) is 0 Å². The summed E-state index contributed by atoms with van der Waals surface area (Å²) >= 11 is 5.61. The third kappa shape index (κ3) is 6.13. The maximum Gasteiger partial charge on any atom is 0.232 e. The molecule has 9 heteroatoms. The highest BCUT2D eigenvalue weighted by atomic mass is 32.1. The highest BCUT2D eigenvalue weighted by Crippen LogP contribution is 2.27. The van der Waals surface area contributed by atoms with Crippen LogP contribution in [0.25, 0.3) is 0 Å². The minimum absolute atomic E-state index is 0.470. The summed E-state index contributed by atoms with van der Waals surface area (Å²) < 4.78 is 5.55. The van der Waals surface area contributed by atoms with Gasteiger partial charge in [0.1, 0.15) is 11.6 Å². The van der Waals surface area contributed by atoms with Gasteiger partial charge in [0.15, 0.2) is 5.11 Å². The Morgan fingerprint density at radius 3 is 2.40 bits per heavy atom. The molecule has 0 amide bonds. The molecule has 8 nitrogen and oxygen atoms in total. The van der Waals surface area contributed by atoms with Crippen LogP contribution in [-0.2, 0) is 11.3 Å². The van der Waals surface area contributed by atoms with Crippen molar-refractivity contribution in [2.45, 2.75) is 51.6 Å². The Hall–Kier alpha value is -2.65. The molecule has 188 valence electrons. The Bertz CT molecular complexity index is 990. The van der Waals surface area contributed by atoms with Crippen LogP contribution >= 0.6 is 12.2 Å². The Balaban J connectivity index is 1.25. The SMILES string of the molecule is C[C@@H]1CCCCN1c1cc(N2CCOCC2)nc(NC(=S)NCc2ccc(N3CCCC3)cc2)n1. The number of ether oxygens (including phenoxy) is 1. The van der Waals surface area contributed by atoms with E-state index in [1.165, 1.54) is 43.4 Å². The van der Waals surface area contributed by atoms with E-state index in [1.54, 1.807) is 0 Å². The van der Waals surface area contributed by atoms with Crippen LogP contribution in [0.3, 0.4) is 0 Å². The van der Waals surface area contributed by atoms with Crippen molar-refractivity contribution in [3.05, 3.63) is 35.9 Å². The minimum Gasteiger partial charge on any atom is -0.378 e. The molecule has 0 saturated carbocycles. The van der Waals surface area contributed by atoms with Crippen molar-refractivity contribution in [3.8, 4) is 0 Å². The summed E-state index contributed by atoms with van der Waals surface area (Å²) in [6.07, 6.45) is 6.24. The summed E-state index contributed by atoms with van der Waals surface area (Å²) in [6, 6.07) is 11.4. The predicted octanol–water partition coefficient (Wildman–Crippen LogP) is 3.78. The van der Waals surface area contributed by atoms with Crippen LogP contribution in [-0.4, -0.2) is 67.1 Å². The van der Waals surface area contributed by atoms with Gasteiger partial charge >= 0.3 is 0 Å². The molecule has 1 aromatic carbocycles. The second-order valence-corrected chi connectivity index (χ2v) is 10.1. The summed E-state index contributed by atoms with van der Waals surface area (Å²) in [5.74, 6) is 2.44. The Morgan fingerprint density at radius 1 is 0.943 bits per heavy atom. The number of rotatable bonds is 6. The van der Waals surface area contributed by atoms with E-state index in [2.05, 4.69) is 62.6 Å². The molecular weight excluding hydrogens is 458 g/mol. The van der Waals surface area contributed by atoms with Crippen LogP contribution in [0.2, 0.25) is 0 Å². The molecule has 0 bridgehead atoms. The first-order valence-corrected chi connectivity index (χ1v) is 13.4. The van der Waals surface area contributed by atoms with Gasteiger partial charge in [0.2, 0.25) is 5.95 Å². The van der Waals surface area contributed by atoms with E-state index in [9.17, 15) is 0 Å². The van der Waals surface area contributed by atoms with Crippen LogP contribution in [0.15, 0.2) is 30.3 Å². The lowest BCUT2D eigenvalue weighted by Crippen LogP contribution is -2.40. The fraction of sp³-hybridized carbons (Fsp3) is 0.577.